The summed E-state index contributed by atoms with van der Waals surface area (Å²) < 4.78 is 1.43. The highest BCUT2D eigenvalue weighted by molar-refractivity contribution is 6.30. The zero-order chi connectivity index (χ0) is 14.7. The van der Waals surface area contributed by atoms with E-state index in [9.17, 15) is 10.1 Å². The number of rotatable bonds is 3. The smallest absolute Gasteiger partial charge is 0.252 e. The van der Waals surface area contributed by atoms with Crippen molar-refractivity contribution in [1.29, 1.82) is 5.26 Å². The van der Waals surface area contributed by atoms with Crippen LogP contribution in [0, 0.1) is 11.3 Å². The number of nitrogen functional groups attached to an aromatic ring is 1. The topological polar surface area (TPSA) is 71.8 Å². The Morgan fingerprint density at radius 3 is 2.55 bits per heavy atom. The second-order valence-corrected chi connectivity index (χ2v) is 4.86. The number of anilines is 1. The van der Waals surface area contributed by atoms with Crippen LogP contribution < -0.4 is 11.3 Å². The first kappa shape index (κ1) is 14.2. The molecule has 4 nitrogen and oxygen atoms in total. The van der Waals surface area contributed by atoms with Gasteiger partial charge in [-0.3, -0.25) is 9.36 Å². The minimum atomic E-state index is -0.201. The molecule has 0 unspecified atom stereocenters. The molecule has 0 saturated heterocycles. The Morgan fingerprint density at radius 1 is 1.35 bits per heavy atom. The van der Waals surface area contributed by atoms with Crippen LogP contribution in [0.15, 0.2) is 35.1 Å². The van der Waals surface area contributed by atoms with Crippen LogP contribution in [0.2, 0.25) is 5.02 Å². The van der Waals surface area contributed by atoms with Gasteiger partial charge in [0.15, 0.2) is 0 Å². The average Bonchev–Trinajstić information content (AvgIpc) is 2.44. The van der Waals surface area contributed by atoms with Gasteiger partial charge in [0.25, 0.3) is 5.56 Å². The third-order valence-electron chi connectivity index (χ3n) is 3.06. The number of pyridine rings is 1. The van der Waals surface area contributed by atoms with Crippen molar-refractivity contribution in [3.05, 3.63) is 51.3 Å². The summed E-state index contributed by atoms with van der Waals surface area (Å²) in [6, 6.07) is 10.5. The Bertz CT molecular complexity index is 727. The van der Waals surface area contributed by atoms with Crippen LogP contribution in [0.5, 0.6) is 0 Å². The largest absolute Gasteiger partial charge is 0.384 e. The Hall–Kier alpha value is -2.25. The van der Waals surface area contributed by atoms with Crippen LogP contribution in [0.1, 0.15) is 18.9 Å². The van der Waals surface area contributed by atoms with Crippen molar-refractivity contribution in [2.75, 3.05) is 5.73 Å². The highest BCUT2D eigenvalue weighted by Crippen LogP contribution is 2.26. The molecule has 2 N–H and O–H groups in total. The average molecular weight is 288 g/mol. The number of nitrogens with zero attached hydrogens (tertiary/aromatic N) is 2. The highest BCUT2D eigenvalue weighted by Gasteiger charge is 2.14. The number of nitriles is 1. The maximum absolute atomic E-state index is 12.1. The predicted octanol–water partition coefficient (Wildman–Crippen LogP) is 3.03. The molecule has 0 atom stereocenters. The molecule has 0 bridgehead atoms. The summed E-state index contributed by atoms with van der Waals surface area (Å²) >= 11 is 5.85. The van der Waals surface area contributed by atoms with E-state index in [1.165, 1.54) is 10.6 Å². The van der Waals surface area contributed by atoms with E-state index in [4.69, 9.17) is 17.3 Å². The normalized spacial score (nSPS) is 10.2. The first-order valence-corrected chi connectivity index (χ1v) is 6.65. The molecule has 0 aliphatic rings. The lowest BCUT2D eigenvalue weighted by Gasteiger charge is -2.13. The molecule has 1 aromatic carbocycles. The number of benzene rings is 1. The summed E-state index contributed by atoms with van der Waals surface area (Å²) in [5.41, 5.74) is 7.37. The summed E-state index contributed by atoms with van der Waals surface area (Å²) in [4.78, 5) is 12.1. The lowest BCUT2D eigenvalue weighted by molar-refractivity contribution is 0.663. The minimum Gasteiger partial charge on any atom is -0.384 e. The van der Waals surface area contributed by atoms with E-state index in [1.54, 1.807) is 24.3 Å². The number of hydrogen-bond donors (Lipinski definition) is 1. The van der Waals surface area contributed by atoms with Gasteiger partial charge in [0.2, 0.25) is 0 Å². The van der Waals surface area contributed by atoms with Crippen molar-refractivity contribution in [1.82, 2.24) is 4.57 Å². The molecule has 0 aliphatic carbocycles. The Morgan fingerprint density at radius 2 is 2.00 bits per heavy atom. The third-order valence-corrected chi connectivity index (χ3v) is 3.32. The molecular formula is C15H14ClN3O. The Kier molecular flexibility index (Phi) is 4.11. The van der Waals surface area contributed by atoms with E-state index in [-0.39, 0.29) is 11.4 Å². The van der Waals surface area contributed by atoms with Crippen LogP contribution in [0.25, 0.3) is 11.1 Å². The van der Waals surface area contributed by atoms with Crippen molar-refractivity contribution in [3.8, 4) is 17.2 Å². The molecule has 20 heavy (non-hydrogen) atoms. The fourth-order valence-corrected chi connectivity index (χ4v) is 2.22. The maximum Gasteiger partial charge on any atom is 0.252 e. The SMILES string of the molecule is CCCn1c(N)c(C#N)c(-c2ccc(Cl)cc2)cc1=O. The number of hydrogen-bond acceptors (Lipinski definition) is 3. The Labute approximate surface area is 122 Å². The summed E-state index contributed by atoms with van der Waals surface area (Å²) in [5, 5.41) is 9.92. The lowest BCUT2D eigenvalue weighted by atomic mass is 10.0. The van der Waals surface area contributed by atoms with Gasteiger partial charge in [-0.05, 0) is 24.1 Å². The van der Waals surface area contributed by atoms with Gasteiger partial charge < -0.3 is 5.73 Å². The van der Waals surface area contributed by atoms with E-state index >= 15 is 0 Å². The quantitative estimate of drug-likeness (QED) is 0.943. The zero-order valence-corrected chi connectivity index (χ0v) is 11.8. The fraction of sp³-hybridized carbons (Fsp3) is 0.200. The van der Waals surface area contributed by atoms with E-state index in [2.05, 4.69) is 6.07 Å². The van der Waals surface area contributed by atoms with E-state index in [0.717, 1.165) is 12.0 Å². The van der Waals surface area contributed by atoms with Crippen LogP contribution in [0.3, 0.4) is 0 Å². The van der Waals surface area contributed by atoms with E-state index in [1.807, 2.05) is 6.92 Å². The molecule has 0 saturated carbocycles. The summed E-state index contributed by atoms with van der Waals surface area (Å²) in [5.74, 6) is 0.215. The van der Waals surface area contributed by atoms with Gasteiger partial charge in [0.1, 0.15) is 17.5 Å². The van der Waals surface area contributed by atoms with Crippen LogP contribution in [-0.2, 0) is 6.54 Å². The molecule has 2 aromatic rings. The molecular weight excluding hydrogens is 274 g/mol. The van der Waals surface area contributed by atoms with Crippen molar-refractivity contribution >= 4 is 17.4 Å². The number of nitrogens with two attached hydrogens (primary N) is 1. The second-order valence-electron chi connectivity index (χ2n) is 4.43. The van der Waals surface area contributed by atoms with Crippen molar-refractivity contribution in [2.24, 2.45) is 0 Å². The molecule has 0 spiro atoms. The lowest BCUT2D eigenvalue weighted by Crippen LogP contribution is -2.23. The monoisotopic (exact) mass is 287 g/mol. The minimum absolute atomic E-state index is 0.201. The Balaban J connectivity index is 2.69. The number of aromatic nitrogens is 1. The van der Waals surface area contributed by atoms with Gasteiger partial charge in [-0.1, -0.05) is 30.7 Å². The van der Waals surface area contributed by atoms with E-state index < -0.39 is 0 Å². The van der Waals surface area contributed by atoms with Crippen LogP contribution in [-0.4, -0.2) is 4.57 Å². The van der Waals surface area contributed by atoms with Crippen molar-refractivity contribution in [3.63, 3.8) is 0 Å². The summed E-state index contributed by atoms with van der Waals surface area (Å²) in [6.07, 6.45) is 0.773. The predicted molar refractivity (Wildman–Crippen MR) is 80.6 cm³/mol. The van der Waals surface area contributed by atoms with Gasteiger partial charge in [0.05, 0.1) is 0 Å². The van der Waals surface area contributed by atoms with Gasteiger partial charge in [-0.15, -0.1) is 0 Å². The number of halogens is 1. The molecule has 0 amide bonds. The molecule has 1 aromatic heterocycles. The van der Waals surface area contributed by atoms with Crippen molar-refractivity contribution in [2.45, 2.75) is 19.9 Å². The first-order valence-electron chi connectivity index (χ1n) is 6.27. The van der Waals surface area contributed by atoms with Crippen LogP contribution >= 0.6 is 11.6 Å². The molecule has 1 heterocycles. The second kappa shape index (κ2) is 5.81. The van der Waals surface area contributed by atoms with Gasteiger partial charge in [-0.25, -0.2) is 0 Å². The fourth-order valence-electron chi connectivity index (χ4n) is 2.09. The van der Waals surface area contributed by atoms with Crippen LogP contribution in [0.4, 0.5) is 5.82 Å². The molecule has 0 radical (unpaired) electrons. The molecule has 0 fully saturated rings. The van der Waals surface area contributed by atoms with Crippen molar-refractivity contribution < 1.29 is 0 Å². The van der Waals surface area contributed by atoms with Gasteiger partial charge in [-0.2, -0.15) is 5.26 Å². The standard InChI is InChI=1S/C15H14ClN3O/c1-2-7-19-14(20)8-12(13(9-17)15(19)18)10-3-5-11(16)6-4-10/h3-6,8H,2,7,18H2,1H3. The molecule has 0 aliphatic heterocycles. The first-order chi connectivity index (χ1) is 9.58. The molecule has 102 valence electrons. The van der Waals surface area contributed by atoms with E-state index in [0.29, 0.717) is 22.7 Å². The third kappa shape index (κ3) is 2.54. The zero-order valence-electron chi connectivity index (χ0n) is 11.1. The van der Waals surface area contributed by atoms with Gasteiger partial charge >= 0.3 is 0 Å². The molecule has 2 rings (SSSR count). The van der Waals surface area contributed by atoms with Gasteiger partial charge in [0, 0.05) is 23.2 Å². The summed E-state index contributed by atoms with van der Waals surface area (Å²) in [6.45, 7) is 2.45. The summed E-state index contributed by atoms with van der Waals surface area (Å²) in [7, 11) is 0. The highest BCUT2D eigenvalue weighted by atomic mass is 35.5. The maximum atomic E-state index is 12.1. The molecule has 5 heteroatoms.